The number of fused-ring (bicyclic) bond motifs is 1. The Balaban J connectivity index is 1.68. The number of amides is 1. The van der Waals surface area contributed by atoms with E-state index in [9.17, 15) is 9.59 Å². The van der Waals surface area contributed by atoms with Gasteiger partial charge in [0.05, 0.1) is 12.2 Å². The summed E-state index contributed by atoms with van der Waals surface area (Å²) < 4.78 is 5.27. The quantitative estimate of drug-likeness (QED) is 0.541. The maximum atomic E-state index is 13.0. The Morgan fingerprint density at radius 1 is 1.07 bits per heavy atom. The zero-order valence-electron chi connectivity index (χ0n) is 15.6. The van der Waals surface area contributed by atoms with Gasteiger partial charge in [-0.05, 0) is 43.7 Å². The summed E-state index contributed by atoms with van der Waals surface area (Å²) >= 11 is 3.02. The van der Waals surface area contributed by atoms with E-state index in [2.05, 4.69) is 5.32 Å². The van der Waals surface area contributed by atoms with Crippen LogP contribution in [0.15, 0.2) is 41.1 Å². The van der Waals surface area contributed by atoms with Crippen LogP contribution in [0.5, 0.6) is 0 Å². The maximum Gasteiger partial charge on any atom is 0.341 e. The molecule has 2 aromatic heterocycles. The van der Waals surface area contributed by atoms with Gasteiger partial charge in [-0.2, -0.15) is 0 Å². The van der Waals surface area contributed by atoms with Gasteiger partial charge in [-0.1, -0.05) is 30.3 Å². The molecule has 0 unspecified atom stereocenters. The minimum atomic E-state index is -0.412. The van der Waals surface area contributed by atoms with Crippen LogP contribution in [0.1, 0.15) is 50.9 Å². The van der Waals surface area contributed by atoms with Gasteiger partial charge in [0, 0.05) is 21.2 Å². The lowest BCUT2D eigenvalue weighted by Gasteiger charge is -2.13. The molecule has 1 N–H and O–H groups in total. The maximum absolute atomic E-state index is 13.0. The topological polar surface area (TPSA) is 55.4 Å². The number of aryl methyl sites for hydroxylation is 1. The average Bonchev–Trinajstić information content (AvgIpc) is 3.33. The summed E-state index contributed by atoms with van der Waals surface area (Å²) in [5, 5.41) is 7.37. The van der Waals surface area contributed by atoms with Gasteiger partial charge >= 0.3 is 5.97 Å². The van der Waals surface area contributed by atoms with Crippen molar-refractivity contribution in [3.05, 3.63) is 62.7 Å². The lowest BCUT2D eigenvalue weighted by Crippen LogP contribution is -2.16. The third-order valence-corrected chi connectivity index (χ3v) is 6.87. The van der Waals surface area contributed by atoms with E-state index >= 15 is 0 Å². The van der Waals surface area contributed by atoms with Crippen LogP contribution in [0.2, 0.25) is 0 Å². The van der Waals surface area contributed by atoms with Gasteiger partial charge in [-0.25, -0.2) is 4.79 Å². The first-order valence-electron chi connectivity index (χ1n) is 9.43. The number of carbonyl (C=O) groups is 2. The summed E-state index contributed by atoms with van der Waals surface area (Å²) in [5.74, 6) is -0.559. The Morgan fingerprint density at radius 3 is 2.64 bits per heavy atom. The van der Waals surface area contributed by atoms with E-state index in [1.165, 1.54) is 28.2 Å². The smallest absolute Gasteiger partial charge is 0.341 e. The second-order valence-electron chi connectivity index (χ2n) is 6.65. The van der Waals surface area contributed by atoms with Crippen molar-refractivity contribution in [2.75, 3.05) is 11.9 Å². The Kier molecular flexibility index (Phi) is 5.59. The molecule has 1 aliphatic carbocycles. The summed E-state index contributed by atoms with van der Waals surface area (Å²) in [7, 11) is 0. The molecule has 28 heavy (non-hydrogen) atoms. The van der Waals surface area contributed by atoms with Crippen LogP contribution in [0.4, 0.5) is 5.00 Å². The van der Waals surface area contributed by atoms with E-state index in [1.54, 1.807) is 18.3 Å². The Labute approximate surface area is 172 Å². The summed E-state index contributed by atoms with van der Waals surface area (Å²) in [5.41, 5.74) is 4.05. The SMILES string of the molecule is CCOC(=O)c1c(-c2ccccc2)csc1NC(=O)c1csc2c1CCCC2. The van der Waals surface area contributed by atoms with E-state index < -0.39 is 5.97 Å². The lowest BCUT2D eigenvalue weighted by molar-refractivity contribution is 0.0529. The van der Waals surface area contributed by atoms with Crippen LogP contribution in [-0.2, 0) is 17.6 Å². The van der Waals surface area contributed by atoms with Crippen molar-refractivity contribution < 1.29 is 14.3 Å². The zero-order chi connectivity index (χ0) is 19.5. The first-order valence-corrected chi connectivity index (χ1v) is 11.2. The highest BCUT2D eigenvalue weighted by Crippen LogP contribution is 2.37. The monoisotopic (exact) mass is 411 g/mol. The van der Waals surface area contributed by atoms with Crippen LogP contribution in [0, 0.1) is 0 Å². The highest BCUT2D eigenvalue weighted by molar-refractivity contribution is 7.15. The normalized spacial score (nSPS) is 13.0. The average molecular weight is 412 g/mol. The highest BCUT2D eigenvalue weighted by atomic mass is 32.1. The Hall–Kier alpha value is -2.44. The number of thiophene rings is 2. The second kappa shape index (κ2) is 8.29. The number of carbonyl (C=O) groups excluding carboxylic acids is 2. The van der Waals surface area contributed by atoms with Gasteiger partial charge in [0.15, 0.2) is 0 Å². The standard InChI is InChI=1S/C22H21NO3S2/c1-2-26-22(25)19-16(14-8-4-3-5-9-14)12-28-21(19)23-20(24)17-13-27-18-11-7-6-10-15(17)18/h3-5,8-9,12-13H,2,6-7,10-11H2,1H3,(H,23,24). The first kappa shape index (κ1) is 18.9. The molecule has 2 heterocycles. The molecule has 0 spiro atoms. The van der Waals surface area contributed by atoms with Gasteiger partial charge in [-0.3, -0.25) is 4.79 Å². The lowest BCUT2D eigenvalue weighted by atomic mass is 9.95. The molecule has 0 aliphatic heterocycles. The molecule has 0 bridgehead atoms. The largest absolute Gasteiger partial charge is 0.462 e. The minimum Gasteiger partial charge on any atom is -0.462 e. The molecule has 1 aromatic carbocycles. The first-order chi connectivity index (χ1) is 13.7. The summed E-state index contributed by atoms with van der Waals surface area (Å²) in [6.07, 6.45) is 4.31. The molecule has 1 amide bonds. The van der Waals surface area contributed by atoms with Crippen molar-refractivity contribution in [3.63, 3.8) is 0 Å². The van der Waals surface area contributed by atoms with Crippen molar-refractivity contribution in [2.24, 2.45) is 0 Å². The molecule has 4 rings (SSSR count). The molecular formula is C22H21NO3S2. The summed E-state index contributed by atoms with van der Waals surface area (Å²) in [4.78, 5) is 27.0. The number of nitrogens with one attached hydrogen (secondary N) is 1. The van der Waals surface area contributed by atoms with E-state index in [1.807, 2.05) is 41.1 Å². The Bertz CT molecular complexity index is 1000. The van der Waals surface area contributed by atoms with E-state index in [0.717, 1.165) is 36.0 Å². The molecule has 3 aromatic rings. The molecule has 0 fully saturated rings. The summed E-state index contributed by atoms with van der Waals surface area (Å²) in [6.45, 7) is 2.07. The van der Waals surface area contributed by atoms with Gasteiger partial charge < -0.3 is 10.1 Å². The number of anilines is 1. The van der Waals surface area contributed by atoms with Gasteiger partial charge in [0.25, 0.3) is 5.91 Å². The molecule has 0 radical (unpaired) electrons. The predicted molar refractivity (Wildman–Crippen MR) is 115 cm³/mol. The van der Waals surface area contributed by atoms with Crippen molar-refractivity contribution >= 4 is 39.6 Å². The van der Waals surface area contributed by atoms with Crippen LogP contribution in [-0.4, -0.2) is 18.5 Å². The fourth-order valence-corrected chi connectivity index (χ4v) is 5.62. The summed E-state index contributed by atoms with van der Waals surface area (Å²) in [6, 6.07) is 9.69. The number of hydrogen-bond acceptors (Lipinski definition) is 5. The van der Waals surface area contributed by atoms with Crippen molar-refractivity contribution in [1.82, 2.24) is 0 Å². The zero-order valence-corrected chi connectivity index (χ0v) is 17.3. The van der Waals surface area contributed by atoms with E-state index in [4.69, 9.17) is 4.74 Å². The van der Waals surface area contributed by atoms with E-state index in [-0.39, 0.29) is 12.5 Å². The molecular weight excluding hydrogens is 390 g/mol. The van der Waals surface area contributed by atoms with Crippen molar-refractivity contribution in [2.45, 2.75) is 32.6 Å². The molecule has 0 atom stereocenters. The number of rotatable bonds is 5. The third-order valence-electron chi connectivity index (χ3n) is 4.89. The Morgan fingerprint density at radius 2 is 1.86 bits per heavy atom. The third kappa shape index (κ3) is 3.62. The fourth-order valence-electron chi connectivity index (χ4n) is 3.54. The number of esters is 1. The van der Waals surface area contributed by atoms with Crippen molar-refractivity contribution in [3.8, 4) is 11.1 Å². The van der Waals surface area contributed by atoms with Gasteiger partial charge in [0.2, 0.25) is 0 Å². The molecule has 144 valence electrons. The van der Waals surface area contributed by atoms with Crippen LogP contribution >= 0.6 is 22.7 Å². The fraction of sp³-hybridized carbons (Fsp3) is 0.273. The van der Waals surface area contributed by atoms with Crippen LogP contribution < -0.4 is 5.32 Å². The molecule has 1 aliphatic rings. The number of benzene rings is 1. The molecule has 6 heteroatoms. The highest BCUT2D eigenvalue weighted by Gasteiger charge is 2.25. The van der Waals surface area contributed by atoms with Crippen LogP contribution in [0.3, 0.4) is 0 Å². The molecule has 0 saturated carbocycles. The predicted octanol–water partition coefficient (Wildman–Crippen LogP) is 5.78. The van der Waals surface area contributed by atoms with Crippen molar-refractivity contribution in [1.29, 1.82) is 0 Å². The second-order valence-corrected chi connectivity index (χ2v) is 8.50. The van der Waals surface area contributed by atoms with Crippen LogP contribution in [0.25, 0.3) is 11.1 Å². The van der Waals surface area contributed by atoms with Gasteiger partial charge in [-0.15, -0.1) is 22.7 Å². The van der Waals surface area contributed by atoms with E-state index in [0.29, 0.717) is 10.6 Å². The number of ether oxygens (including phenoxy) is 1. The number of hydrogen-bond donors (Lipinski definition) is 1. The minimum absolute atomic E-state index is 0.147. The molecule has 0 saturated heterocycles. The molecule has 4 nitrogen and oxygen atoms in total. The van der Waals surface area contributed by atoms with Gasteiger partial charge in [0.1, 0.15) is 10.6 Å².